The fraction of sp³-hybridized carbons (Fsp3) is 0.571. The SMILES string of the molecule is CCOc1c(Br)cc(Br)cc1CNOC1CCCC1. The van der Waals surface area contributed by atoms with Gasteiger partial charge in [0.1, 0.15) is 5.75 Å². The van der Waals surface area contributed by atoms with Gasteiger partial charge < -0.3 is 4.74 Å². The quantitative estimate of drug-likeness (QED) is 0.719. The Balaban J connectivity index is 1.97. The minimum Gasteiger partial charge on any atom is -0.492 e. The van der Waals surface area contributed by atoms with Crippen molar-refractivity contribution in [1.29, 1.82) is 0 Å². The number of halogens is 2. The van der Waals surface area contributed by atoms with Crippen molar-refractivity contribution >= 4 is 31.9 Å². The zero-order valence-corrected chi connectivity index (χ0v) is 14.2. The van der Waals surface area contributed by atoms with Crippen molar-refractivity contribution in [2.24, 2.45) is 0 Å². The van der Waals surface area contributed by atoms with Crippen molar-refractivity contribution in [2.45, 2.75) is 45.3 Å². The van der Waals surface area contributed by atoms with Gasteiger partial charge in [0, 0.05) is 16.6 Å². The van der Waals surface area contributed by atoms with Crippen LogP contribution < -0.4 is 10.2 Å². The Morgan fingerprint density at radius 1 is 1.26 bits per heavy atom. The van der Waals surface area contributed by atoms with Gasteiger partial charge in [0.15, 0.2) is 0 Å². The van der Waals surface area contributed by atoms with Crippen LogP contribution in [0.25, 0.3) is 0 Å². The Hall–Kier alpha value is -0.100. The molecule has 1 aliphatic rings. The normalized spacial score (nSPS) is 15.9. The van der Waals surface area contributed by atoms with Gasteiger partial charge in [-0.05, 0) is 47.8 Å². The highest BCUT2D eigenvalue weighted by Gasteiger charge is 2.16. The molecule has 106 valence electrons. The fourth-order valence-electron chi connectivity index (χ4n) is 2.29. The number of benzene rings is 1. The van der Waals surface area contributed by atoms with Gasteiger partial charge in [-0.15, -0.1) is 0 Å². The van der Waals surface area contributed by atoms with Crippen LogP contribution in [-0.4, -0.2) is 12.7 Å². The maximum absolute atomic E-state index is 5.68. The van der Waals surface area contributed by atoms with Crippen molar-refractivity contribution in [3.63, 3.8) is 0 Å². The smallest absolute Gasteiger partial charge is 0.138 e. The van der Waals surface area contributed by atoms with Crippen LogP contribution in [0.5, 0.6) is 5.75 Å². The Bertz CT molecular complexity index is 420. The molecule has 1 N–H and O–H groups in total. The molecule has 0 atom stereocenters. The van der Waals surface area contributed by atoms with Crippen molar-refractivity contribution in [2.75, 3.05) is 6.61 Å². The third-order valence-electron chi connectivity index (χ3n) is 3.19. The van der Waals surface area contributed by atoms with E-state index in [9.17, 15) is 0 Å². The Morgan fingerprint density at radius 2 is 2.00 bits per heavy atom. The lowest BCUT2D eigenvalue weighted by atomic mass is 10.2. The topological polar surface area (TPSA) is 30.5 Å². The van der Waals surface area contributed by atoms with Crippen LogP contribution in [0.1, 0.15) is 38.2 Å². The van der Waals surface area contributed by atoms with E-state index < -0.39 is 0 Å². The molecule has 1 aliphatic carbocycles. The molecule has 0 bridgehead atoms. The number of hydrogen-bond donors (Lipinski definition) is 1. The molecular formula is C14H19Br2NO2. The molecule has 0 aliphatic heterocycles. The summed E-state index contributed by atoms with van der Waals surface area (Å²) < 4.78 is 7.67. The molecule has 3 nitrogen and oxygen atoms in total. The number of ether oxygens (including phenoxy) is 1. The molecule has 0 heterocycles. The number of hydroxylamine groups is 1. The first kappa shape index (κ1) is 15.3. The Kier molecular flexibility index (Phi) is 6.13. The zero-order valence-electron chi connectivity index (χ0n) is 11.0. The molecule has 0 amide bonds. The first-order chi connectivity index (χ1) is 9.20. The van der Waals surface area contributed by atoms with Gasteiger partial charge in [0.2, 0.25) is 0 Å². The lowest BCUT2D eigenvalue weighted by Crippen LogP contribution is -2.21. The van der Waals surface area contributed by atoms with Crippen molar-refractivity contribution < 1.29 is 9.57 Å². The molecule has 5 heteroatoms. The molecule has 1 aromatic rings. The van der Waals surface area contributed by atoms with Gasteiger partial charge in [-0.25, -0.2) is 0 Å². The summed E-state index contributed by atoms with van der Waals surface area (Å²) in [6.45, 7) is 3.28. The largest absolute Gasteiger partial charge is 0.492 e. The molecule has 0 saturated heterocycles. The zero-order chi connectivity index (χ0) is 13.7. The number of rotatable bonds is 6. The van der Waals surface area contributed by atoms with Gasteiger partial charge in [-0.2, -0.15) is 5.48 Å². The summed E-state index contributed by atoms with van der Waals surface area (Å²) in [6.07, 6.45) is 5.24. The Morgan fingerprint density at radius 3 is 2.68 bits per heavy atom. The van der Waals surface area contributed by atoms with Crippen molar-refractivity contribution in [1.82, 2.24) is 5.48 Å². The summed E-state index contributed by atoms with van der Waals surface area (Å²) >= 11 is 7.04. The van der Waals surface area contributed by atoms with Crippen LogP contribution in [0.3, 0.4) is 0 Å². The second-order valence-electron chi connectivity index (χ2n) is 4.65. The van der Waals surface area contributed by atoms with E-state index in [-0.39, 0.29) is 0 Å². The average molecular weight is 393 g/mol. The van der Waals surface area contributed by atoms with Gasteiger partial charge in [0.25, 0.3) is 0 Å². The summed E-state index contributed by atoms with van der Waals surface area (Å²) in [6, 6.07) is 4.05. The molecule has 0 radical (unpaired) electrons. The second kappa shape index (κ2) is 7.62. The van der Waals surface area contributed by atoms with E-state index in [0.717, 1.165) is 33.1 Å². The lowest BCUT2D eigenvalue weighted by molar-refractivity contribution is -0.0247. The van der Waals surface area contributed by atoms with E-state index in [1.807, 2.05) is 13.0 Å². The van der Waals surface area contributed by atoms with Crippen LogP contribution in [0.15, 0.2) is 21.1 Å². The van der Waals surface area contributed by atoms with Gasteiger partial charge >= 0.3 is 0 Å². The number of hydrogen-bond acceptors (Lipinski definition) is 3. The highest BCUT2D eigenvalue weighted by atomic mass is 79.9. The van der Waals surface area contributed by atoms with Crippen LogP contribution in [-0.2, 0) is 11.4 Å². The van der Waals surface area contributed by atoms with Crippen LogP contribution >= 0.6 is 31.9 Å². The van der Waals surface area contributed by atoms with Gasteiger partial charge in [-0.3, -0.25) is 4.84 Å². The lowest BCUT2D eigenvalue weighted by Gasteiger charge is -2.15. The minimum absolute atomic E-state index is 0.367. The molecule has 0 unspecified atom stereocenters. The monoisotopic (exact) mass is 391 g/mol. The Labute approximate surface area is 131 Å². The molecule has 0 aromatic heterocycles. The summed E-state index contributed by atoms with van der Waals surface area (Å²) in [5.41, 5.74) is 4.16. The molecule has 1 aromatic carbocycles. The summed E-state index contributed by atoms with van der Waals surface area (Å²) in [5, 5.41) is 0. The highest BCUT2D eigenvalue weighted by Crippen LogP contribution is 2.33. The predicted octanol–water partition coefficient (Wildman–Crippen LogP) is 4.57. The number of nitrogens with one attached hydrogen (secondary N) is 1. The molecule has 19 heavy (non-hydrogen) atoms. The second-order valence-corrected chi connectivity index (χ2v) is 6.42. The van der Waals surface area contributed by atoms with E-state index in [1.165, 1.54) is 12.8 Å². The van der Waals surface area contributed by atoms with Gasteiger partial charge in [0.05, 0.1) is 17.2 Å². The van der Waals surface area contributed by atoms with E-state index >= 15 is 0 Å². The molecule has 2 rings (SSSR count). The van der Waals surface area contributed by atoms with Crippen LogP contribution in [0, 0.1) is 0 Å². The molecule has 1 saturated carbocycles. The van der Waals surface area contributed by atoms with E-state index in [0.29, 0.717) is 19.3 Å². The van der Waals surface area contributed by atoms with Crippen LogP contribution in [0.4, 0.5) is 0 Å². The fourth-order valence-corrected chi connectivity index (χ4v) is 3.72. The molecule has 1 fully saturated rings. The first-order valence-electron chi connectivity index (χ1n) is 6.70. The summed E-state index contributed by atoms with van der Waals surface area (Å²) in [4.78, 5) is 5.68. The third-order valence-corrected chi connectivity index (χ3v) is 4.24. The molecule has 0 spiro atoms. The maximum atomic E-state index is 5.68. The summed E-state index contributed by atoms with van der Waals surface area (Å²) in [5.74, 6) is 0.883. The van der Waals surface area contributed by atoms with Crippen molar-refractivity contribution in [3.8, 4) is 5.75 Å². The minimum atomic E-state index is 0.367. The van der Waals surface area contributed by atoms with E-state index in [1.54, 1.807) is 0 Å². The summed E-state index contributed by atoms with van der Waals surface area (Å²) in [7, 11) is 0. The van der Waals surface area contributed by atoms with Gasteiger partial charge in [-0.1, -0.05) is 28.8 Å². The highest BCUT2D eigenvalue weighted by molar-refractivity contribution is 9.11. The first-order valence-corrected chi connectivity index (χ1v) is 8.28. The predicted molar refractivity (Wildman–Crippen MR) is 83.2 cm³/mol. The van der Waals surface area contributed by atoms with Crippen molar-refractivity contribution in [3.05, 3.63) is 26.6 Å². The van der Waals surface area contributed by atoms with E-state index in [2.05, 4.69) is 43.4 Å². The van der Waals surface area contributed by atoms with Crippen LogP contribution in [0.2, 0.25) is 0 Å². The maximum Gasteiger partial charge on any atom is 0.138 e. The third kappa shape index (κ3) is 4.45. The molecular weight excluding hydrogens is 374 g/mol. The van der Waals surface area contributed by atoms with E-state index in [4.69, 9.17) is 9.57 Å². The average Bonchev–Trinajstić information content (AvgIpc) is 2.86. The standard InChI is InChI=1S/C14H19Br2NO2/c1-2-18-14-10(7-11(15)8-13(14)16)9-17-19-12-5-3-4-6-12/h7-8,12,17H,2-6,9H2,1H3.